The van der Waals surface area contributed by atoms with Gasteiger partial charge in [0.05, 0.1) is 35.7 Å². The molecular weight excluding hydrogens is 348 g/mol. The van der Waals surface area contributed by atoms with E-state index in [9.17, 15) is 25.0 Å². The lowest BCUT2D eigenvalue weighted by Gasteiger charge is -2.20. The molecule has 1 aliphatic rings. The Bertz CT molecular complexity index is 740. The van der Waals surface area contributed by atoms with E-state index in [1.165, 1.54) is 6.07 Å². The first kappa shape index (κ1) is 19.1. The summed E-state index contributed by atoms with van der Waals surface area (Å²) >= 11 is 0. The highest BCUT2D eigenvalue weighted by molar-refractivity contribution is 5.89. The average Bonchev–Trinajstić information content (AvgIpc) is 2.62. The lowest BCUT2D eigenvalue weighted by Crippen LogP contribution is -2.30. The number of nitro groups is 2. The van der Waals surface area contributed by atoms with Crippen molar-refractivity contribution in [2.45, 2.75) is 19.8 Å². The highest BCUT2D eigenvalue weighted by Crippen LogP contribution is 2.28. The number of anilines is 1. The van der Waals surface area contributed by atoms with Gasteiger partial charge in [0.15, 0.2) is 0 Å². The number of non-ortho nitro benzene ring substituents is 1. The minimum Gasteiger partial charge on any atom is -0.461 e. The molecule has 0 bridgehead atoms. The van der Waals surface area contributed by atoms with Gasteiger partial charge in [-0.1, -0.05) is 0 Å². The van der Waals surface area contributed by atoms with E-state index in [1.54, 1.807) is 6.92 Å². The van der Waals surface area contributed by atoms with Crippen molar-refractivity contribution in [2.24, 2.45) is 0 Å². The fourth-order valence-electron chi connectivity index (χ4n) is 2.38. The van der Waals surface area contributed by atoms with Crippen LogP contribution < -0.4 is 10.9 Å². The van der Waals surface area contributed by atoms with E-state index >= 15 is 0 Å². The second-order valence-electron chi connectivity index (χ2n) is 5.28. The smallest absolute Gasteiger partial charge is 0.356 e. The van der Waals surface area contributed by atoms with Crippen LogP contribution in [0.4, 0.5) is 17.1 Å². The molecule has 0 radical (unpaired) electrons. The Balaban J connectivity index is 2.26. The fraction of sp³-hybridized carbons (Fsp3) is 0.400. The fourth-order valence-corrected chi connectivity index (χ4v) is 2.38. The van der Waals surface area contributed by atoms with Crippen molar-refractivity contribution in [1.29, 1.82) is 0 Å². The molecule has 0 atom stereocenters. The van der Waals surface area contributed by atoms with Gasteiger partial charge in [0.25, 0.3) is 5.69 Å². The number of esters is 1. The molecule has 1 saturated heterocycles. The van der Waals surface area contributed by atoms with Gasteiger partial charge in [0.2, 0.25) is 0 Å². The van der Waals surface area contributed by atoms with Crippen LogP contribution in [0.25, 0.3) is 0 Å². The van der Waals surface area contributed by atoms with Gasteiger partial charge in [0.1, 0.15) is 11.4 Å². The SMILES string of the molecule is CCOC(=O)C(NNc1ccc([N+](=O)[O-])cc1[N+](=O)[O-])=C1CCOCC1. The van der Waals surface area contributed by atoms with Crippen LogP contribution in [0, 0.1) is 20.2 Å². The molecule has 11 heteroatoms. The number of nitrogens with zero attached hydrogens (tertiary/aromatic N) is 2. The van der Waals surface area contributed by atoms with Crippen molar-refractivity contribution < 1.29 is 24.1 Å². The van der Waals surface area contributed by atoms with Gasteiger partial charge in [-0.2, -0.15) is 0 Å². The quantitative estimate of drug-likeness (QED) is 0.320. The highest BCUT2D eigenvalue weighted by Gasteiger charge is 2.22. The van der Waals surface area contributed by atoms with Crippen molar-refractivity contribution in [3.8, 4) is 0 Å². The van der Waals surface area contributed by atoms with E-state index in [4.69, 9.17) is 9.47 Å². The van der Waals surface area contributed by atoms with E-state index in [1.807, 2.05) is 0 Å². The number of carbonyl (C=O) groups is 1. The van der Waals surface area contributed by atoms with Crippen LogP contribution in [0.15, 0.2) is 29.5 Å². The largest absolute Gasteiger partial charge is 0.461 e. The molecule has 11 nitrogen and oxygen atoms in total. The Kier molecular flexibility index (Phi) is 6.44. The Morgan fingerprint density at radius 3 is 2.50 bits per heavy atom. The summed E-state index contributed by atoms with van der Waals surface area (Å²) in [5.74, 6) is -0.596. The average molecular weight is 366 g/mol. The zero-order chi connectivity index (χ0) is 19.1. The molecule has 1 heterocycles. The van der Waals surface area contributed by atoms with Crippen LogP contribution in [0.1, 0.15) is 19.8 Å². The van der Waals surface area contributed by atoms with E-state index in [0.717, 1.165) is 17.7 Å². The zero-order valence-electron chi connectivity index (χ0n) is 14.0. The van der Waals surface area contributed by atoms with E-state index in [2.05, 4.69) is 10.9 Å². The van der Waals surface area contributed by atoms with Gasteiger partial charge >= 0.3 is 11.7 Å². The van der Waals surface area contributed by atoms with E-state index in [-0.39, 0.29) is 18.0 Å². The predicted octanol–water partition coefficient (Wildman–Crippen LogP) is 2.05. The molecule has 2 N–H and O–H groups in total. The summed E-state index contributed by atoms with van der Waals surface area (Å²) in [6, 6.07) is 3.17. The third-order valence-corrected chi connectivity index (χ3v) is 3.64. The molecule has 140 valence electrons. The standard InChI is InChI=1S/C15H18N4O7/c1-2-26-15(20)14(10-5-7-25-8-6-10)17-16-12-4-3-11(18(21)22)9-13(12)19(23)24/h3-4,9,16-17H,2,5-8H2,1H3. The van der Waals surface area contributed by atoms with Gasteiger partial charge in [-0.15, -0.1) is 0 Å². The molecule has 0 spiro atoms. The topological polar surface area (TPSA) is 146 Å². The third kappa shape index (κ3) is 4.66. The minimum atomic E-state index is -0.747. The predicted molar refractivity (Wildman–Crippen MR) is 90.2 cm³/mol. The summed E-state index contributed by atoms with van der Waals surface area (Å²) in [6.07, 6.45) is 1.04. The van der Waals surface area contributed by atoms with E-state index < -0.39 is 27.2 Å². The maximum atomic E-state index is 12.2. The maximum absolute atomic E-state index is 12.2. The lowest BCUT2D eigenvalue weighted by molar-refractivity contribution is -0.393. The molecule has 1 fully saturated rings. The second kappa shape index (κ2) is 8.76. The van der Waals surface area contributed by atoms with Crippen LogP contribution >= 0.6 is 0 Å². The van der Waals surface area contributed by atoms with Gasteiger partial charge in [0, 0.05) is 6.07 Å². The Labute approximate surface area is 148 Å². The molecule has 0 saturated carbocycles. The number of hydrogen-bond acceptors (Lipinski definition) is 9. The summed E-state index contributed by atoms with van der Waals surface area (Å²) in [6.45, 7) is 2.75. The van der Waals surface area contributed by atoms with Crippen LogP contribution in [0.2, 0.25) is 0 Å². The number of hydrogen-bond donors (Lipinski definition) is 2. The first-order chi connectivity index (χ1) is 12.4. The molecule has 0 aromatic heterocycles. The number of carbonyl (C=O) groups excluding carboxylic acids is 1. The van der Waals surface area contributed by atoms with Crippen molar-refractivity contribution in [3.05, 3.63) is 49.7 Å². The lowest BCUT2D eigenvalue weighted by atomic mass is 10.1. The number of hydrazine groups is 1. The number of nitro benzene ring substituents is 2. The maximum Gasteiger partial charge on any atom is 0.356 e. The second-order valence-corrected chi connectivity index (χ2v) is 5.28. The summed E-state index contributed by atoms with van der Waals surface area (Å²) in [7, 11) is 0. The van der Waals surface area contributed by atoms with Crippen LogP contribution in [-0.4, -0.2) is 35.6 Å². The molecule has 1 aromatic carbocycles. The molecule has 26 heavy (non-hydrogen) atoms. The number of rotatable bonds is 7. The Morgan fingerprint density at radius 2 is 1.92 bits per heavy atom. The first-order valence-corrected chi connectivity index (χ1v) is 7.85. The van der Waals surface area contributed by atoms with Crippen molar-refractivity contribution in [3.63, 3.8) is 0 Å². The van der Waals surface area contributed by atoms with Crippen LogP contribution in [-0.2, 0) is 14.3 Å². The van der Waals surface area contributed by atoms with E-state index in [0.29, 0.717) is 26.1 Å². The van der Waals surface area contributed by atoms with Crippen LogP contribution in [0.5, 0.6) is 0 Å². The van der Waals surface area contributed by atoms with Gasteiger partial charge in [-0.25, -0.2) is 4.79 Å². The molecular formula is C15H18N4O7. The summed E-state index contributed by atoms with van der Waals surface area (Å²) in [5, 5.41) is 22.0. The normalized spacial score (nSPS) is 13.7. The van der Waals surface area contributed by atoms with Crippen molar-refractivity contribution in [1.82, 2.24) is 5.43 Å². The highest BCUT2D eigenvalue weighted by atomic mass is 16.6. The summed E-state index contributed by atoms with van der Waals surface area (Å²) < 4.78 is 10.3. The molecule has 1 aromatic rings. The molecule has 0 amide bonds. The van der Waals surface area contributed by atoms with Crippen molar-refractivity contribution in [2.75, 3.05) is 25.2 Å². The molecule has 0 aliphatic carbocycles. The van der Waals surface area contributed by atoms with Gasteiger partial charge in [-0.3, -0.25) is 31.1 Å². The number of benzene rings is 1. The Hall–Kier alpha value is -3.21. The first-order valence-electron chi connectivity index (χ1n) is 7.85. The minimum absolute atomic E-state index is 0.0185. The summed E-state index contributed by atoms with van der Waals surface area (Å²) in [4.78, 5) is 32.7. The molecule has 0 unspecified atom stereocenters. The Morgan fingerprint density at radius 1 is 1.23 bits per heavy atom. The monoisotopic (exact) mass is 366 g/mol. The third-order valence-electron chi connectivity index (χ3n) is 3.64. The molecule has 2 rings (SSSR count). The zero-order valence-corrected chi connectivity index (χ0v) is 14.0. The van der Waals surface area contributed by atoms with Gasteiger partial charge in [-0.05, 0) is 31.4 Å². The number of ether oxygens (including phenoxy) is 2. The molecule has 1 aliphatic heterocycles. The summed E-state index contributed by atoms with van der Waals surface area (Å²) in [5.41, 5.74) is 5.25. The van der Waals surface area contributed by atoms with Crippen LogP contribution in [0.3, 0.4) is 0 Å². The van der Waals surface area contributed by atoms with Gasteiger partial charge < -0.3 is 9.47 Å². The van der Waals surface area contributed by atoms with Crippen molar-refractivity contribution >= 4 is 23.0 Å². The number of nitrogens with one attached hydrogen (secondary N) is 2.